The van der Waals surface area contributed by atoms with E-state index >= 15 is 0 Å². The van der Waals surface area contributed by atoms with E-state index in [-0.39, 0.29) is 6.04 Å². The molecule has 2 nitrogen and oxygen atoms in total. The highest BCUT2D eigenvalue weighted by Gasteiger charge is 2.22. The molecule has 1 aliphatic heterocycles. The van der Waals surface area contributed by atoms with Gasteiger partial charge in [-0.2, -0.15) is 0 Å². The van der Waals surface area contributed by atoms with Gasteiger partial charge in [-0.05, 0) is 37.1 Å². The lowest BCUT2D eigenvalue weighted by Crippen LogP contribution is -2.42. The minimum Gasteiger partial charge on any atom is -0.326 e. The van der Waals surface area contributed by atoms with Crippen molar-refractivity contribution in [3.8, 4) is 0 Å². The summed E-state index contributed by atoms with van der Waals surface area (Å²) in [6.07, 6.45) is 2.30. The average molecular weight is 255 g/mol. The van der Waals surface area contributed by atoms with Crippen molar-refractivity contribution in [3.63, 3.8) is 0 Å². The largest absolute Gasteiger partial charge is 0.326 e. The van der Waals surface area contributed by atoms with Crippen molar-refractivity contribution in [2.45, 2.75) is 24.9 Å². The van der Waals surface area contributed by atoms with E-state index in [1.807, 2.05) is 6.07 Å². The highest BCUT2D eigenvalue weighted by atomic mass is 79.9. The van der Waals surface area contributed by atoms with Crippen molar-refractivity contribution >= 4 is 15.9 Å². The van der Waals surface area contributed by atoms with Gasteiger partial charge in [-0.1, -0.05) is 28.1 Å². The third-order valence-electron chi connectivity index (χ3n) is 2.71. The van der Waals surface area contributed by atoms with Crippen LogP contribution in [0.5, 0.6) is 0 Å². The van der Waals surface area contributed by atoms with Crippen LogP contribution in [0.3, 0.4) is 0 Å². The van der Waals surface area contributed by atoms with E-state index < -0.39 is 0 Å². The highest BCUT2D eigenvalue weighted by Crippen LogP contribution is 2.24. The first-order valence-corrected chi connectivity index (χ1v) is 5.81. The van der Waals surface area contributed by atoms with Crippen LogP contribution >= 0.6 is 15.9 Å². The summed E-state index contributed by atoms with van der Waals surface area (Å²) < 4.78 is 1.12. The molecule has 14 heavy (non-hydrogen) atoms. The van der Waals surface area contributed by atoms with Crippen molar-refractivity contribution in [1.29, 1.82) is 0 Å². The molecule has 76 valence electrons. The van der Waals surface area contributed by atoms with Crippen LogP contribution in [-0.2, 0) is 0 Å². The molecule has 0 spiro atoms. The molecule has 1 fully saturated rings. The van der Waals surface area contributed by atoms with Gasteiger partial charge in [-0.25, -0.2) is 0 Å². The molecule has 0 bridgehead atoms. The molecule has 0 unspecified atom stereocenters. The van der Waals surface area contributed by atoms with Crippen LogP contribution in [0, 0.1) is 0 Å². The smallest absolute Gasteiger partial charge is 0.0474 e. The Bertz CT molecular complexity index is 314. The first-order valence-electron chi connectivity index (χ1n) is 5.02. The van der Waals surface area contributed by atoms with Crippen LogP contribution in [0.4, 0.5) is 0 Å². The molecule has 2 rings (SSSR count). The number of nitrogens with two attached hydrogens (primary N) is 1. The lowest BCUT2D eigenvalue weighted by molar-refractivity contribution is 0.358. The lowest BCUT2D eigenvalue weighted by Gasteiger charge is -2.30. The van der Waals surface area contributed by atoms with Crippen molar-refractivity contribution in [2.24, 2.45) is 5.73 Å². The molecule has 0 radical (unpaired) electrons. The second-order valence-corrected chi connectivity index (χ2v) is 4.71. The fourth-order valence-electron chi connectivity index (χ4n) is 1.98. The molecule has 3 heteroatoms. The van der Waals surface area contributed by atoms with Crippen molar-refractivity contribution < 1.29 is 0 Å². The molecule has 1 heterocycles. The molecule has 1 aromatic carbocycles. The number of benzene rings is 1. The summed E-state index contributed by atoms with van der Waals surface area (Å²) in [5.41, 5.74) is 7.37. The second kappa shape index (κ2) is 4.43. The van der Waals surface area contributed by atoms with Crippen LogP contribution in [-0.4, -0.2) is 12.6 Å². The van der Waals surface area contributed by atoms with Crippen molar-refractivity contribution in [2.75, 3.05) is 6.54 Å². The quantitative estimate of drug-likeness (QED) is 0.807. The molecule has 0 saturated carbocycles. The summed E-state index contributed by atoms with van der Waals surface area (Å²) in [5, 5.41) is 3.47. The number of hydrogen-bond donors (Lipinski definition) is 2. The second-order valence-electron chi connectivity index (χ2n) is 3.79. The van der Waals surface area contributed by atoms with Gasteiger partial charge in [0.15, 0.2) is 0 Å². The van der Waals surface area contributed by atoms with Gasteiger partial charge >= 0.3 is 0 Å². The van der Waals surface area contributed by atoms with E-state index in [1.54, 1.807) is 0 Å². The summed E-state index contributed by atoms with van der Waals surface area (Å²) in [5.74, 6) is 0. The zero-order chi connectivity index (χ0) is 9.97. The number of hydrogen-bond acceptors (Lipinski definition) is 2. The van der Waals surface area contributed by atoms with E-state index in [0.717, 1.165) is 17.4 Å². The molecular formula is C11H15BrN2. The minimum atomic E-state index is 0.248. The third-order valence-corrected chi connectivity index (χ3v) is 3.21. The van der Waals surface area contributed by atoms with Gasteiger partial charge in [-0.15, -0.1) is 0 Å². The number of piperidine rings is 1. The molecule has 1 saturated heterocycles. The lowest BCUT2D eigenvalue weighted by atomic mass is 9.93. The predicted octanol–water partition coefficient (Wildman–Crippen LogP) is 2.20. The number of rotatable bonds is 1. The van der Waals surface area contributed by atoms with E-state index in [0.29, 0.717) is 6.04 Å². The molecule has 1 aliphatic rings. The van der Waals surface area contributed by atoms with Gasteiger partial charge in [0.05, 0.1) is 0 Å². The minimum absolute atomic E-state index is 0.248. The summed E-state index contributed by atoms with van der Waals surface area (Å²) >= 11 is 3.48. The van der Waals surface area contributed by atoms with E-state index in [4.69, 9.17) is 5.73 Å². The van der Waals surface area contributed by atoms with Gasteiger partial charge in [0.25, 0.3) is 0 Å². The normalized spacial score (nSPS) is 27.6. The Morgan fingerprint density at radius 1 is 1.43 bits per heavy atom. The Labute approximate surface area is 93.0 Å². The summed E-state index contributed by atoms with van der Waals surface area (Å²) in [6.45, 7) is 1.07. The average Bonchev–Trinajstić information content (AvgIpc) is 2.18. The zero-order valence-corrected chi connectivity index (χ0v) is 9.63. The van der Waals surface area contributed by atoms with Crippen LogP contribution in [0.1, 0.15) is 24.4 Å². The maximum absolute atomic E-state index is 6.08. The highest BCUT2D eigenvalue weighted by molar-refractivity contribution is 9.10. The van der Waals surface area contributed by atoms with Crippen LogP contribution in [0.25, 0.3) is 0 Å². The summed E-state index contributed by atoms with van der Waals surface area (Å²) in [4.78, 5) is 0. The third kappa shape index (κ3) is 2.16. The van der Waals surface area contributed by atoms with Crippen LogP contribution < -0.4 is 11.1 Å². The molecule has 1 aromatic rings. The Morgan fingerprint density at radius 3 is 3.00 bits per heavy atom. The Morgan fingerprint density at radius 2 is 2.29 bits per heavy atom. The van der Waals surface area contributed by atoms with E-state index in [2.05, 4.69) is 39.4 Å². The Kier molecular flexibility index (Phi) is 3.21. The standard InChI is InChI=1S/C11H15BrN2/c12-9-4-1-3-8(7-9)11-10(13)5-2-6-14-11/h1,3-4,7,10-11,14H,2,5-6,13H2/t10-,11-/m0/s1. The van der Waals surface area contributed by atoms with E-state index in [9.17, 15) is 0 Å². The van der Waals surface area contributed by atoms with Crippen molar-refractivity contribution in [3.05, 3.63) is 34.3 Å². The maximum atomic E-state index is 6.08. The zero-order valence-electron chi connectivity index (χ0n) is 8.04. The van der Waals surface area contributed by atoms with Gasteiger partial charge in [0.1, 0.15) is 0 Å². The number of nitrogens with one attached hydrogen (secondary N) is 1. The fraction of sp³-hybridized carbons (Fsp3) is 0.455. The molecule has 3 N–H and O–H groups in total. The first kappa shape index (κ1) is 10.1. The van der Waals surface area contributed by atoms with Crippen LogP contribution in [0.15, 0.2) is 28.7 Å². The predicted molar refractivity (Wildman–Crippen MR) is 62.1 cm³/mol. The van der Waals surface area contributed by atoms with Gasteiger partial charge in [0, 0.05) is 16.6 Å². The molecule has 0 amide bonds. The van der Waals surface area contributed by atoms with E-state index in [1.165, 1.54) is 12.0 Å². The van der Waals surface area contributed by atoms with Crippen LogP contribution in [0.2, 0.25) is 0 Å². The topological polar surface area (TPSA) is 38.0 Å². The summed E-state index contributed by atoms with van der Waals surface area (Å²) in [7, 11) is 0. The summed E-state index contributed by atoms with van der Waals surface area (Å²) in [6, 6.07) is 8.94. The van der Waals surface area contributed by atoms with Crippen molar-refractivity contribution in [1.82, 2.24) is 5.32 Å². The van der Waals surface area contributed by atoms with Gasteiger partial charge in [-0.3, -0.25) is 0 Å². The molecule has 2 atom stereocenters. The number of halogens is 1. The fourth-order valence-corrected chi connectivity index (χ4v) is 2.40. The molecule has 0 aliphatic carbocycles. The SMILES string of the molecule is N[C@H]1CCCN[C@H]1c1cccc(Br)c1. The Hall–Kier alpha value is -0.380. The molecule has 0 aromatic heterocycles. The maximum Gasteiger partial charge on any atom is 0.0474 e. The monoisotopic (exact) mass is 254 g/mol. The van der Waals surface area contributed by atoms with Gasteiger partial charge < -0.3 is 11.1 Å². The molecular weight excluding hydrogens is 240 g/mol. The first-order chi connectivity index (χ1) is 6.77. The van der Waals surface area contributed by atoms with Gasteiger partial charge in [0.2, 0.25) is 0 Å². The Balaban J connectivity index is 2.20.